The minimum atomic E-state index is -8.01. The minimum Gasteiger partial charge on any atom is -0.379 e. The Balaban J connectivity index is 3.49. The molecule has 0 saturated heterocycles. The summed E-state index contributed by atoms with van der Waals surface area (Å²) >= 11 is 0. The summed E-state index contributed by atoms with van der Waals surface area (Å²) in [6.45, 7) is -0.253. The third kappa shape index (κ3) is 3.73. The Labute approximate surface area is 159 Å². The van der Waals surface area contributed by atoms with Crippen molar-refractivity contribution in [2.75, 3.05) is 0 Å². The van der Waals surface area contributed by atoms with E-state index in [0.717, 1.165) is 12.1 Å². The lowest BCUT2D eigenvalue weighted by Gasteiger charge is -2.43. The molecule has 14 heteroatoms. The van der Waals surface area contributed by atoms with Gasteiger partial charge in [0.1, 0.15) is 0 Å². The molecule has 0 aromatic heterocycles. The van der Waals surface area contributed by atoms with Crippen molar-refractivity contribution in [3.8, 4) is 0 Å². The summed E-state index contributed by atoms with van der Waals surface area (Å²) in [5.41, 5.74) is -4.46. The van der Waals surface area contributed by atoms with Crippen LogP contribution in [-0.2, 0) is 0 Å². The van der Waals surface area contributed by atoms with Crippen LogP contribution < -0.4 is 0 Å². The molecular formula is C16H11F13O. The quantitative estimate of drug-likeness (QED) is 0.476. The van der Waals surface area contributed by atoms with E-state index >= 15 is 0 Å². The van der Waals surface area contributed by atoms with Gasteiger partial charge in [0.25, 0.3) is 0 Å². The van der Waals surface area contributed by atoms with Gasteiger partial charge in [-0.2, -0.15) is 57.1 Å². The van der Waals surface area contributed by atoms with E-state index in [-0.39, 0.29) is 18.6 Å². The summed E-state index contributed by atoms with van der Waals surface area (Å²) in [4.78, 5) is 0. The molecule has 0 radical (unpaired) electrons. The molecule has 0 amide bonds. The molecule has 0 bridgehead atoms. The first-order valence-corrected chi connectivity index (χ1v) is 7.50. The van der Waals surface area contributed by atoms with E-state index < -0.39 is 41.4 Å². The van der Waals surface area contributed by atoms with Gasteiger partial charge in [0.15, 0.2) is 5.60 Å². The Morgan fingerprint density at radius 3 is 1.37 bits per heavy atom. The monoisotopic (exact) mass is 466 g/mol. The molecule has 1 atom stereocenters. The number of alkyl halides is 13. The second kappa shape index (κ2) is 7.31. The van der Waals surface area contributed by atoms with Crippen molar-refractivity contribution < 1.29 is 62.2 Å². The van der Waals surface area contributed by atoms with Crippen LogP contribution in [0.2, 0.25) is 0 Å². The number of halogens is 13. The summed E-state index contributed by atoms with van der Waals surface area (Å²) in [6, 6.07) is 6.27. The fourth-order valence-electron chi connectivity index (χ4n) is 2.01. The zero-order valence-electron chi connectivity index (χ0n) is 14.4. The zero-order valence-corrected chi connectivity index (χ0v) is 14.4. The largest absolute Gasteiger partial charge is 0.460 e. The van der Waals surface area contributed by atoms with Crippen LogP contribution in [0, 0.1) is 0 Å². The Kier molecular flexibility index (Phi) is 6.34. The summed E-state index contributed by atoms with van der Waals surface area (Å²) in [7, 11) is 0. The fourth-order valence-corrected chi connectivity index (χ4v) is 2.01. The van der Waals surface area contributed by atoms with Gasteiger partial charge in [-0.05, 0) is 18.6 Å². The highest BCUT2D eigenvalue weighted by Crippen LogP contribution is 2.61. The lowest BCUT2D eigenvalue weighted by atomic mass is 9.85. The van der Waals surface area contributed by atoms with Crippen LogP contribution >= 0.6 is 0 Å². The van der Waals surface area contributed by atoms with E-state index in [2.05, 4.69) is 0 Å². The molecule has 0 aliphatic carbocycles. The minimum absolute atomic E-state index is 0.0717. The van der Waals surface area contributed by atoms with Crippen LogP contribution in [0.4, 0.5) is 57.1 Å². The van der Waals surface area contributed by atoms with Gasteiger partial charge in [0.2, 0.25) is 0 Å². The first-order chi connectivity index (χ1) is 13.1. The smallest absolute Gasteiger partial charge is 0.379 e. The zero-order chi connectivity index (χ0) is 24.0. The molecule has 1 aromatic carbocycles. The molecule has 1 N–H and O–H groups in total. The predicted octanol–water partition coefficient (Wildman–Crippen LogP) is 6.19. The maximum Gasteiger partial charge on any atom is 0.460 e. The van der Waals surface area contributed by atoms with Gasteiger partial charge >= 0.3 is 35.8 Å². The molecule has 0 aliphatic rings. The Hall–Kier alpha value is -1.99. The standard InChI is InChI=1S/C16H11F13O/c1-10(30,8-7-9-5-3-2-4-6-9)11(17,18)12(19,20)13(21,22)14(23,24)15(25,26)16(27,28)29/h2-8,30H,1H3. The van der Waals surface area contributed by atoms with Crippen molar-refractivity contribution in [2.24, 2.45) is 0 Å². The van der Waals surface area contributed by atoms with Crippen molar-refractivity contribution >= 4 is 6.08 Å². The highest BCUT2D eigenvalue weighted by Gasteiger charge is 2.92. The molecule has 1 unspecified atom stereocenters. The highest BCUT2D eigenvalue weighted by atomic mass is 19.4. The van der Waals surface area contributed by atoms with E-state index in [1.165, 1.54) is 18.2 Å². The molecular weight excluding hydrogens is 455 g/mol. The molecule has 1 nitrogen and oxygen atoms in total. The Morgan fingerprint density at radius 1 is 0.600 bits per heavy atom. The van der Waals surface area contributed by atoms with E-state index in [4.69, 9.17) is 0 Å². The maximum atomic E-state index is 14.0. The summed E-state index contributed by atoms with van der Waals surface area (Å²) < 4.78 is 171. The molecule has 0 saturated carbocycles. The summed E-state index contributed by atoms with van der Waals surface area (Å²) in [5, 5.41) is 9.53. The topological polar surface area (TPSA) is 20.2 Å². The van der Waals surface area contributed by atoms with E-state index in [1.807, 2.05) is 0 Å². The molecule has 30 heavy (non-hydrogen) atoms. The third-order valence-corrected chi connectivity index (χ3v) is 3.97. The molecule has 0 aliphatic heterocycles. The van der Waals surface area contributed by atoms with Gasteiger partial charge in [-0.15, -0.1) is 0 Å². The van der Waals surface area contributed by atoms with Gasteiger partial charge in [0, 0.05) is 0 Å². The summed E-state index contributed by atoms with van der Waals surface area (Å²) in [5.74, 6) is -38.0. The van der Waals surface area contributed by atoms with Gasteiger partial charge in [0.05, 0.1) is 0 Å². The molecule has 1 rings (SSSR count). The second-order valence-electron chi connectivity index (χ2n) is 6.26. The third-order valence-electron chi connectivity index (χ3n) is 3.97. The van der Waals surface area contributed by atoms with Crippen molar-refractivity contribution in [1.82, 2.24) is 0 Å². The lowest BCUT2D eigenvalue weighted by Crippen LogP contribution is -2.73. The van der Waals surface area contributed by atoms with Crippen LogP contribution in [-0.4, -0.2) is 46.5 Å². The average molecular weight is 466 g/mol. The number of aliphatic hydroxyl groups is 1. The number of hydrogen-bond donors (Lipinski definition) is 1. The summed E-state index contributed by atoms with van der Waals surface area (Å²) in [6.07, 6.45) is -7.24. The second-order valence-corrected chi connectivity index (χ2v) is 6.26. The average Bonchev–Trinajstić information content (AvgIpc) is 2.59. The van der Waals surface area contributed by atoms with E-state index in [1.54, 1.807) is 0 Å². The molecule has 0 spiro atoms. The predicted molar refractivity (Wildman–Crippen MR) is 76.9 cm³/mol. The van der Waals surface area contributed by atoms with Crippen molar-refractivity contribution in [1.29, 1.82) is 0 Å². The first kappa shape index (κ1) is 26.0. The Bertz CT molecular complexity index is 763. The Morgan fingerprint density at radius 2 is 0.967 bits per heavy atom. The van der Waals surface area contributed by atoms with Gasteiger partial charge < -0.3 is 5.11 Å². The van der Waals surface area contributed by atoms with Crippen LogP contribution in [0.15, 0.2) is 36.4 Å². The van der Waals surface area contributed by atoms with Crippen LogP contribution in [0.3, 0.4) is 0 Å². The molecule has 172 valence electrons. The lowest BCUT2D eigenvalue weighted by molar-refractivity contribution is -0.447. The highest BCUT2D eigenvalue weighted by molar-refractivity contribution is 5.50. The number of benzene rings is 1. The fraction of sp³-hybridized carbons (Fsp3) is 0.500. The van der Waals surface area contributed by atoms with Gasteiger partial charge in [-0.1, -0.05) is 36.4 Å². The van der Waals surface area contributed by atoms with Gasteiger partial charge in [-0.3, -0.25) is 0 Å². The first-order valence-electron chi connectivity index (χ1n) is 7.50. The molecule has 0 fully saturated rings. The van der Waals surface area contributed by atoms with Crippen molar-refractivity contribution in [2.45, 2.75) is 48.3 Å². The maximum absolute atomic E-state index is 14.0. The number of hydrogen-bond acceptors (Lipinski definition) is 1. The van der Waals surface area contributed by atoms with Gasteiger partial charge in [-0.25, -0.2) is 0 Å². The van der Waals surface area contributed by atoms with Crippen LogP contribution in [0.25, 0.3) is 6.08 Å². The van der Waals surface area contributed by atoms with E-state index in [9.17, 15) is 62.2 Å². The van der Waals surface area contributed by atoms with Crippen molar-refractivity contribution in [3.63, 3.8) is 0 Å². The van der Waals surface area contributed by atoms with Crippen LogP contribution in [0.5, 0.6) is 0 Å². The van der Waals surface area contributed by atoms with E-state index in [0.29, 0.717) is 6.08 Å². The number of rotatable bonds is 7. The normalized spacial score (nSPS) is 17.3. The van der Waals surface area contributed by atoms with Crippen molar-refractivity contribution in [3.05, 3.63) is 42.0 Å². The van der Waals surface area contributed by atoms with Crippen LogP contribution in [0.1, 0.15) is 12.5 Å². The SMILES string of the molecule is CC(O)(C=Cc1ccccc1)C(F)(F)C(F)(F)C(F)(F)C(F)(F)C(F)(F)C(F)(F)F. The molecule has 1 aromatic rings. The molecule has 0 heterocycles.